The molecule has 0 amide bonds. The van der Waals surface area contributed by atoms with Crippen molar-refractivity contribution in [3.8, 4) is 0 Å². The number of ether oxygens (including phenoxy) is 1. The van der Waals surface area contributed by atoms with E-state index in [1.807, 2.05) is 0 Å². The van der Waals surface area contributed by atoms with Crippen molar-refractivity contribution >= 4 is 0 Å². The van der Waals surface area contributed by atoms with Crippen molar-refractivity contribution in [1.82, 2.24) is 4.90 Å². The first kappa shape index (κ1) is 9.96. The van der Waals surface area contributed by atoms with Crippen molar-refractivity contribution in [2.45, 2.75) is 25.3 Å². The SMILES string of the molecule is CN1CCCC1COCCCO. The molecular weight excluding hydrogens is 154 g/mol. The van der Waals surface area contributed by atoms with E-state index in [1.165, 1.54) is 19.4 Å². The van der Waals surface area contributed by atoms with Gasteiger partial charge in [0, 0.05) is 19.3 Å². The lowest BCUT2D eigenvalue weighted by atomic mass is 10.2. The summed E-state index contributed by atoms with van der Waals surface area (Å²) < 4.78 is 5.43. The number of hydrogen-bond donors (Lipinski definition) is 1. The lowest BCUT2D eigenvalue weighted by molar-refractivity contribution is 0.0756. The molecule has 1 atom stereocenters. The molecule has 1 unspecified atom stereocenters. The van der Waals surface area contributed by atoms with Gasteiger partial charge in [-0.3, -0.25) is 0 Å². The van der Waals surface area contributed by atoms with E-state index in [4.69, 9.17) is 9.84 Å². The molecular formula is C9H19NO2. The maximum Gasteiger partial charge on any atom is 0.0621 e. The van der Waals surface area contributed by atoms with E-state index < -0.39 is 0 Å². The van der Waals surface area contributed by atoms with Crippen molar-refractivity contribution in [1.29, 1.82) is 0 Å². The average molecular weight is 173 g/mol. The molecule has 1 aliphatic rings. The molecule has 0 aliphatic carbocycles. The van der Waals surface area contributed by atoms with Crippen LogP contribution in [-0.2, 0) is 4.74 Å². The molecule has 1 heterocycles. The Balaban J connectivity index is 1.98. The Kier molecular flexibility index (Phi) is 4.58. The molecule has 72 valence electrons. The number of rotatable bonds is 5. The van der Waals surface area contributed by atoms with Crippen molar-refractivity contribution in [3.63, 3.8) is 0 Å². The van der Waals surface area contributed by atoms with E-state index in [-0.39, 0.29) is 6.61 Å². The highest BCUT2D eigenvalue weighted by Gasteiger charge is 2.20. The van der Waals surface area contributed by atoms with E-state index in [2.05, 4.69) is 11.9 Å². The van der Waals surface area contributed by atoms with E-state index in [1.54, 1.807) is 0 Å². The number of aliphatic hydroxyl groups is 1. The molecule has 0 saturated carbocycles. The summed E-state index contributed by atoms with van der Waals surface area (Å²) in [6, 6.07) is 0.615. The predicted molar refractivity (Wildman–Crippen MR) is 48.2 cm³/mol. The Morgan fingerprint density at radius 1 is 1.58 bits per heavy atom. The van der Waals surface area contributed by atoms with Gasteiger partial charge in [0.25, 0.3) is 0 Å². The second kappa shape index (κ2) is 5.51. The van der Waals surface area contributed by atoms with Gasteiger partial charge < -0.3 is 14.7 Å². The van der Waals surface area contributed by atoms with Gasteiger partial charge in [-0.1, -0.05) is 0 Å². The maximum absolute atomic E-state index is 8.52. The van der Waals surface area contributed by atoms with Gasteiger partial charge in [0.2, 0.25) is 0 Å². The number of likely N-dealkylation sites (N-methyl/N-ethyl adjacent to an activating group) is 1. The molecule has 0 bridgehead atoms. The van der Waals surface area contributed by atoms with E-state index >= 15 is 0 Å². The third-order valence-corrected chi connectivity index (χ3v) is 2.43. The minimum absolute atomic E-state index is 0.237. The lowest BCUT2D eigenvalue weighted by Crippen LogP contribution is -2.29. The van der Waals surface area contributed by atoms with Crippen LogP contribution in [0.3, 0.4) is 0 Å². The van der Waals surface area contributed by atoms with Crippen LogP contribution in [0.2, 0.25) is 0 Å². The van der Waals surface area contributed by atoms with Crippen LogP contribution >= 0.6 is 0 Å². The van der Waals surface area contributed by atoms with Crippen molar-refractivity contribution in [2.24, 2.45) is 0 Å². The molecule has 1 N–H and O–H groups in total. The summed E-state index contributed by atoms with van der Waals surface area (Å²) in [6.07, 6.45) is 3.32. The summed E-state index contributed by atoms with van der Waals surface area (Å²) in [7, 11) is 2.15. The Hall–Kier alpha value is -0.120. The number of hydrogen-bond acceptors (Lipinski definition) is 3. The second-order valence-corrected chi connectivity index (χ2v) is 3.43. The summed E-state index contributed by atoms with van der Waals surface area (Å²) in [4.78, 5) is 2.35. The van der Waals surface area contributed by atoms with Crippen LogP contribution in [0, 0.1) is 0 Å². The molecule has 0 radical (unpaired) electrons. The molecule has 12 heavy (non-hydrogen) atoms. The van der Waals surface area contributed by atoms with Gasteiger partial charge in [-0.15, -0.1) is 0 Å². The third kappa shape index (κ3) is 3.09. The van der Waals surface area contributed by atoms with Crippen LogP contribution in [0.4, 0.5) is 0 Å². The normalized spacial score (nSPS) is 25.0. The van der Waals surface area contributed by atoms with Gasteiger partial charge in [0.1, 0.15) is 0 Å². The monoisotopic (exact) mass is 173 g/mol. The highest BCUT2D eigenvalue weighted by Crippen LogP contribution is 2.14. The zero-order valence-electron chi connectivity index (χ0n) is 7.83. The van der Waals surface area contributed by atoms with Crippen LogP contribution < -0.4 is 0 Å². The number of nitrogens with zero attached hydrogens (tertiary/aromatic N) is 1. The summed E-state index contributed by atoms with van der Waals surface area (Å²) >= 11 is 0. The Labute approximate surface area is 74.3 Å². The number of likely N-dealkylation sites (tertiary alicyclic amines) is 1. The molecule has 0 aromatic heterocycles. The van der Waals surface area contributed by atoms with Gasteiger partial charge in [-0.05, 0) is 32.9 Å². The topological polar surface area (TPSA) is 32.7 Å². The summed E-state index contributed by atoms with van der Waals surface area (Å²) in [5, 5.41) is 8.52. The molecule has 0 aromatic carbocycles. The maximum atomic E-state index is 8.52. The zero-order valence-corrected chi connectivity index (χ0v) is 7.83. The average Bonchev–Trinajstić information content (AvgIpc) is 2.46. The minimum atomic E-state index is 0.237. The molecule has 0 aromatic rings. The van der Waals surface area contributed by atoms with Crippen molar-refractivity contribution in [3.05, 3.63) is 0 Å². The Morgan fingerprint density at radius 3 is 3.00 bits per heavy atom. The van der Waals surface area contributed by atoms with Gasteiger partial charge in [-0.25, -0.2) is 0 Å². The van der Waals surface area contributed by atoms with E-state index in [9.17, 15) is 0 Å². The summed E-state index contributed by atoms with van der Waals surface area (Å²) in [5.74, 6) is 0. The Bertz CT molecular complexity index is 119. The zero-order chi connectivity index (χ0) is 8.81. The first-order chi connectivity index (χ1) is 5.84. The largest absolute Gasteiger partial charge is 0.396 e. The first-order valence-corrected chi connectivity index (χ1v) is 4.73. The highest BCUT2D eigenvalue weighted by atomic mass is 16.5. The van der Waals surface area contributed by atoms with Gasteiger partial charge in [0.05, 0.1) is 6.61 Å². The molecule has 1 fully saturated rings. The van der Waals surface area contributed by atoms with Crippen LogP contribution in [0.5, 0.6) is 0 Å². The van der Waals surface area contributed by atoms with Crippen LogP contribution in [0.1, 0.15) is 19.3 Å². The quantitative estimate of drug-likeness (QED) is 0.614. The predicted octanol–water partition coefficient (Wildman–Crippen LogP) is 0.480. The smallest absolute Gasteiger partial charge is 0.0621 e. The fourth-order valence-corrected chi connectivity index (χ4v) is 1.58. The molecule has 0 spiro atoms. The lowest BCUT2D eigenvalue weighted by Gasteiger charge is -2.18. The van der Waals surface area contributed by atoms with Gasteiger partial charge >= 0.3 is 0 Å². The van der Waals surface area contributed by atoms with Crippen LogP contribution in [-0.4, -0.2) is 49.5 Å². The van der Waals surface area contributed by atoms with Gasteiger partial charge in [-0.2, -0.15) is 0 Å². The fourth-order valence-electron chi connectivity index (χ4n) is 1.58. The van der Waals surface area contributed by atoms with E-state index in [0.717, 1.165) is 13.0 Å². The molecule has 3 nitrogen and oxygen atoms in total. The standard InChI is InChI=1S/C9H19NO2/c1-10-5-2-4-9(10)8-12-7-3-6-11/h9,11H,2-8H2,1H3. The molecule has 1 rings (SSSR count). The fraction of sp³-hybridized carbons (Fsp3) is 1.00. The summed E-state index contributed by atoms with van der Waals surface area (Å²) in [5.41, 5.74) is 0. The molecule has 3 heteroatoms. The summed E-state index contributed by atoms with van der Waals surface area (Å²) in [6.45, 7) is 2.96. The Morgan fingerprint density at radius 2 is 2.42 bits per heavy atom. The van der Waals surface area contributed by atoms with Crippen LogP contribution in [0.25, 0.3) is 0 Å². The third-order valence-electron chi connectivity index (χ3n) is 2.43. The van der Waals surface area contributed by atoms with Crippen LogP contribution in [0.15, 0.2) is 0 Å². The highest BCUT2D eigenvalue weighted by molar-refractivity contribution is 4.75. The van der Waals surface area contributed by atoms with Gasteiger partial charge in [0.15, 0.2) is 0 Å². The molecule has 1 aliphatic heterocycles. The van der Waals surface area contributed by atoms with Crippen molar-refractivity contribution < 1.29 is 9.84 Å². The van der Waals surface area contributed by atoms with Crippen molar-refractivity contribution in [2.75, 3.05) is 33.4 Å². The minimum Gasteiger partial charge on any atom is -0.396 e. The number of aliphatic hydroxyl groups excluding tert-OH is 1. The first-order valence-electron chi connectivity index (χ1n) is 4.73. The molecule has 1 saturated heterocycles. The van der Waals surface area contributed by atoms with E-state index in [0.29, 0.717) is 12.6 Å². The second-order valence-electron chi connectivity index (χ2n) is 3.43.